The zero-order valence-corrected chi connectivity index (χ0v) is 11.2. The molecule has 0 bridgehead atoms. The molecule has 6 heteroatoms. The molecule has 2 atom stereocenters. The number of nitrogens with two attached hydrogens (primary N) is 1. The number of carbonyl (C=O) groups is 2. The zero-order valence-electron chi connectivity index (χ0n) is 11.2. The van der Waals surface area contributed by atoms with E-state index in [-0.39, 0.29) is 12.0 Å². The third kappa shape index (κ3) is 4.52. The minimum Gasteiger partial charge on any atom is -0.480 e. The maximum Gasteiger partial charge on any atom is 0.410 e. The maximum atomic E-state index is 11.8. The second-order valence-electron chi connectivity index (χ2n) is 5.76. The van der Waals surface area contributed by atoms with E-state index in [0.29, 0.717) is 19.5 Å². The van der Waals surface area contributed by atoms with Gasteiger partial charge in [0.2, 0.25) is 0 Å². The van der Waals surface area contributed by atoms with Crippen LogP contribution in [0.25, 0.3) is 0 Å². The van der Waals surface area contributed by atoms with Crippen LogP contribution in [0.15, 0.2) is 0 Å². The van der Waals surface area contributed by atoms with Crippen molar-refractivity contribution in [2.45, 2.75) is 45.3 Å². The number of carboxylic acid groups (broad SMARTS) is 1. The first-order valence-electron chi connectivity index (χ1n) is 6.15. The average molecular weight is 258 g/mol. The summed E-state index contributed by atoms with van der Waals surface area (Å²) in [6, 6.07) is -0.853. The molecule has 6 nitrogen and oxygen atoms in total. The van der Waals surface area contributed by atoms with Crippen LogP contribution in [0.2, 0.25) is 0 Å². The summed E-state index contributed by atoms with van der Waals surface area (Å²) in [6.07, 6.45) is 0.836. The number of rotatable bonds is 3. The number of hydrogen-bond acceptors (Lipinski definition) is 4. The Morgan fingerprint density at radius 1 is 1.50 bits per heavy atom. The van der Waals surface area contributed by atoms with Gasteiger partial charge in [-0.2, -0.15) is 0 Å². The predicted octanol–water partition coefficient (Wildman–Crippen LogP) is 1.05. The molecule has 0 aromatic heterocycles. The summed E-state index contributed by atoms with van der Waals surface area (Å²) >= 11 is 0. The van der Waals surface area contributed by atoms with Gasteiger partial charge in [-0.15, -0.1) is 0 Å². The van der Waals surface area contributed by atoms with E-state index < -0.39 is 17.6 Å². The van der Waals surface area contributed by atoms with Crippen LogP contribution in [0.5, 0.6) is 0 Å². The number of nitrogens with zero attached hydrogens (tertiary/aromatic N) is 1. The van der Waals surface area contributed by atoms with Gasteiger partial charge in [-0.3, -0.25) is 4.79 Å². The van der Waals surface area contributed by atoms with E-state index in [1.54, 1.807) is 4.90 Å². The normalized spacial score (nSPS) is 21.8. The van der Waals surface area contributed by atoms with Crippen LogP contribution in [-0.4, -0.2) is 46.8 Å². The van der Waals surface area contributed by atoms with Gasteiger partial charge >= 0.3 is 12.1 Å². The van der Waals surface area contributed by atoms with E-state index in [1.165, 1.54) is 0 Å². The first kappa shape index (κ1) is 14.8. The predicted molar refractivity (Wildman–Crippen MR) is 66.1 cm³/mol. The van der Waals surface area contributed by atoms with Crippen LogP contribution >= 0.6 is 0 Å². The minimum atomic E-state index is -0.995. The van der Waals surface area contributed by atoms with Crippen molar-refractivity contribution in [3.8, 4) is 0 Å². The number of carboxylic acids is 1. The maximum absolute atomic E-state index is 11.8. The van der Waals surface area contributed by atoms with E-state index in [0.717, 1.165) is 6.42 Å². The van der Waals surface area contributed by atoms with Gasteiger partial charge in [-0.05, 0) is 39.5 Å². The largest absolute Gasteiger partial charge is 0.480 e. The highest BCUT2D eigenvalue weighted by molar-refractivity contribution is 5.73. The smallest absolute Gasteiger partial charge is 0.410 e. The summed E-state index contributed by atoms with van der Waals surface area (Å²) in [5.74, 6) is -0.852. The highest BCUT2D eigenvalue weighted by Gasteiger charge is 2.31. The molecule has 0 aromatic carbocycles. The molecule has 1 amide bonds. The molecule has 0 radical (unpaired) electrons. The van der Waals surface area contributed by atoms with Crippen molar-refractivity contribution >= 4 is 12.1 Å². The van der Waals surface area contributed by atoms with Crippen molar-refractivity contribution in [2.24, 2.45) is 11.7 Å². The van der Waals surface area contributed by atoms with Gasteiger partial charge in [0.15, 0.2) is 0 Å². The Morgan fingerprint density at radius 3 is 2.61 bits per heavy atom. The fourth-order valence-corrected chi connectivity index (χ4v) is 1.98. The molecule has 1 rings (SSSR count). The van der Waals surface area contributed by atoms with E-state index in [9.17, 15) is 9.59 Å². The lowest BCUT2D eigenvalue weighted by atomic mass is 10.00. The molecule has 0 aromatic rings. The molecule has 0 aliphatic carbocycles. The molecule has 0 saturated carbocycles. The Kier molecular flexibility index (Phi) is 4.56. The Morgan fingerprint density at radius 2 is 2.11 bits per heavy atom. The van der Waals surface area contributed by atoms with Crippen molar-refractivity contribution in [2.75, 3.05) is 13.1 Å². The first-order valence-corrected chi connectivity index (χ1v) is 6.15. The zero-order chi connectivity index (χ0) is 13.9. The molecule has 1 saturated heterocycles. The van der Waals surface area contributed by atoms with Gasteiger partial charge < -0.3 is 20.5 Å². The van der Waals surface area contributed by atoms with Gasteiger partial charge in [0.25, 0.3) is 0 Å². The monoisotopic (exact) mass is 258 g/mol. The fourth-order valence-electron chi connectivity index (χ4n) is 1.98. The molecule has 1 aliphatic rings. The van der Waals surface area contributed by atoms with Crippen LogP contribution in [0.1, 0.15) is 33.6 Å². The molecule has 1 aliphatic heterocycles. The second kappa shape index (κ2) is 5.56. The molecule has 18 heavy (non-hydrogen) atoms. The van der Waals surface area contributed by atoms with Crippen LogP contribution in [0.3, 0.4) is 0 Å². The van der Waals surface area contributed by atoms with Crippen LogP contribution in [0, 0.1) is 5.92 Å². The van der Waals surface area contributed by atoms with E-state index in [2.05, 4.69) is 0 Å². The molecular formula is C12H22N2O4. The number of hydrogen-bond donors (Lipinski definition) is 2. The Labute approximate surface area is 107 Å². The SMILES string of the molecule is CC(C)(C)OC(=O)N1CC[C@@H](C[C@@H](N)C(=O)O)C1. The summed E-state index contributed by atoms with van der Waals surface area (Å²) in [7, 11) is 0. The molecular weight excluding hydrogens is 236 g/mol. The van der Waals surface area contributed by atoms with Crippen molar-refractivity contribution in [1.29, 1.82) is 0 Å². The number of aliphatic carboxylic acids is 1. The molecule has 3 N–H and O–H groups in total. The Balaban J connectivity index is 2.41. The molecule has 1 fully saturated rings. The Hall–Kier alpha value is -1.30. The number of carbonyl (C=O) groups excluding carboxylic acids is 1. The third-order valence-electron chi connectivity index (χ3n) is 2.84. The third-order valence-corrected chi connectivity index (χ3v) is 2.84. The summed E-state index contributed by atoms with van der Waals surface area (Å²) in [4.78, 5) is 24.1. The van der Waals surface area contributed by atoms with Crippen LogP contribution in [0.4, 0.5) is 4.79 Å². The summed E-state index contributed by atoms with van der Waals surface area (Å²) in [6.45, 7) is 6.58. The van der Waals surface area contributed by atoms with Crippen LogP contribution in [-0.2, 0) is 9.53 Å². The van der Waals surface area contributed by atoms with E-state index in [4.69, 9.17) is 15.6 Å². The van der Waals surface area contributed by atoms with Gasteiger partial charge in [-0.25, -0.2) is 4.79 Å². The topological polar surface area (TPSA) is 92.9 Å². The second-order valence-corrected chi connectivity index (χ2v) is 5.76. The van der Waals surface area contributed by atoms with E-state index in [1.807, 2.05) is 20.8 Å². The van der Waals surface area contributed by atoms with Gasteiger partial charge in [0.1, 0.15) is 11.6 Å². The van der Waals surface area contributed by atoms with Crippen molar-refractivity contribution in [3.63, 3.8) is 0 Å². The average Bonchev–Trinajstić information content (AvgIpc) is 2.63. The number of likely N-dealkylation sites (tertiary alicyclic amines) is 1. The minimum absolute atomic E-state index is 0.142. The highest BCUT2D eigenvalue weighted by atomic mass is 16.6. The van der Waals surface area contributed by atoms with Gasteiger partial charge in [-0.1, -0.05) is 0 Å². The van der Waals surface area contributed by atoms with E-state index >= 15 is 0 Å². The lowest BCUT2D eigenvalue weighted by Crippen LogP contribution is -2.36. The van der Waals surface area contributed by atoms with Gasteiger partial charge in [0, 0.05) is 13.1 Å². The quantitative estimate of drug-likeness (QED) is 0.789. The highest BCUT2D eigenvalue weighted by Crippen LogP contribution is 2.22. The molecule has 104 valence electrons. The standard InChI is InChI=1S/C12H22N2O4/c1-12(2,3)18-11(17)14-5-4-8(7-14)6-9(13)10(15)16/h8-9H,4-7,13H2,1-3H3,(H,15,16)/t8-,9+/m0/s1. The summed E-state index contributed by atoms with van der Waals surface area (Å²) < 4.78 is 5.26. The van der Waals surface area contributed by atoms with Crippen molar-refractivity contribution < 1.29 is 19.4 Å². The summed E-state index contributed by atoms with van der Waals surface area (Å²) in [5.41, 5.74) is 4.98. The van der Waals surface area contributed by atoms with Gasteiger partial charge in [0.05, 0.1) is 0 Å². The summed E-state index contributed by atoms with van der Waals surface area (Å²) in [5, 5.41) is 8.74. The number of amides is 1. The number of ether oxygens (including phenoxy) is 1. The lowest BCUT2D eigenvalue weighted by molar-refractivity contribution is -0.138. The lowest BCUT2D eigenvalue weighted by Gasteiger charge is -2.24. The van der Waals surface area contributed by atoms with Crippen molar-refractivity contribution in [1.82, 2.24) is 4.90 Å². The van der Waals surface area contributed by atoms with Crippen molar-refractivity contribution in [3.05, 3.63) is 0 Å². The Bertz CT molecular complexity index is 325. The van der Waals surface area contributed by atoms with Crippen LogP contribution < -0.4 is 5.73 Å². The fraction of sp³-hybridized carbons (Fsp3) is 0.833. The molecule has 0 spiro atoms. The first-order chi connectivity index (χ1) is 8.19. The molecule has 0 unspecified atom stereocenters. The molecule has 1 heterocycles.